The number of carbonyl (C=O) groups excluding carboxylic acids is 2. The van der Waals surface area contributed by atoms with Crippen molar-refractivity contribution in [3.63, 3.8) is 0 Å². The topological polar surface area (TPSA) is 89.8 Å². The molecule has 1 atom stereocenters. The van der Waals surface area contributed by atoms with Crippen LogP contribution in [0.25, 0.3) is 4.96 Å². The number of benzene rings is 1. The molecule has 0 radical (unpaired) electrons. The van der Waals surface area contributed by atoms with Gasteiger partial charge in [-0.25, -0.2) is 9.78 Å². The lowest BCUT2D eigenvalue weighted by atomic mass is 9.86. The van der Waals surface area contributed by atoms with Crippen LogP contribution in [0.3, 0.4) is 0 Å². The molecule has 2 heterocycles. The minimum atomic E-state index is -0.818. The van der Waals surface area contributed by atoms with Gasteiger partial charge in [0, 0.05) is 23.2 Å². The number of nitrogens with one attached hydrogen (secondary N) is 1. The molecule has 0 aliphatic rings. The van der Waals surface area contributed by atoms with Gasteiger partial charge in [0.05, 0.1) is 5.69 Å². The molecule has 0 saturated carbocycles. The molecule has 1 N–H and O–H groups in total. The normalized spacial score (nSPS) is 12.7. The van der Waals surface area contributed by atoms with E-state index in [9.17, 15) is 14.4 Å². The zero-order valence-electron chi connectivity index (χ0n) is 18.3. The molecular formula is C23H27N3O4S. The molecular weight excluding hydrogens is 414 g/mol. The SMILES string of the molecule is CC(C)C(NC(=O)c1ccc(C(C)(C)C)cc1)C(=O)OCc1cc(=O)n2ccsc2n1. The van der Waals surface area contributed by atoms with E-state index in [0.717, 1.165) is 5.56 Å². The van der Waals surface area contributed by atoms with E-state index in [1.807, 2.05) is 26.0 Å². The molecule has 0 aliphatic carbocycles. The first-order valence-corrected chi connectivity index (χ1v) is 11.0. The van der Waals surface area contributed by atoms with Gasteiger partial charge in [-0.1, -0.05) is 46.8 Å². The van der Waals surface area contributed by atoms with Gasteiger partial charge in [0.2, 0.25) is 0 Å². The summed E-state index contributed by atoms with van der Waals surface area (Å²) in [7, 11) is 0. The summed E-state index contributed by atoms with van der Waals surface area (Å²) in [6.07, 6.45) is 1.64. The van der Waals surface area contributed by atoms with Crippen molar-refractivity contribution >= 4 is 28.2 Å². The number of thiazole rings is 1. The monoisotopic (exact) mass is 441 g/mol. The van der Waals surface area contributed by atoms with E-state index in [1.54, 1.807) is 23.7 Å². The smallest absolute Gasteiger partial charge is 0.329 e. The van der Waals surface area contributed by atoms with Crippen molar-refractivity contribution in [2.45, 2.75) is 52.7 Å². The molecule has 2 aromatic heterocycles. The molecule has 0 aliphatic heterocycles. The Balaban J connectivity index is 1.67. The average Bonchev–Trinajstić information content (AvgIpc) is 3.18. The maximum atomic E-state index is 12.7. The van der Waals surface area contributed by atoms with Crippen molar-refractivity contribution in [1.82, 2.24) is 14.7 Å². The number of rotatable bonds is 6. The molecule has 3 rings (SSSR count). The molecule has 0 saturated heterocycles. The molecule has 0 spiro atoms. The van der Waals surface area contributed by atoms with Crippen molar-refractivity contribution in [2.75, 3.05) is 0 Å². The van der Waals surface area contributed by atoms with Crippen LogP contribution in [0.5, 0.6) is 0 Å². The van der Waals surface area contributed by atoms with Gasteiger partial charge >= 0.3 is 5.97 Å². The Morgan fingerprint density at radius 1 is 1.19 bits per heavy atom. The summed E-state index contributed by atoms with van der Waals surface area (Å²) in [5.74, 6) is -1.08. The summed E-state index contributed by atoms with van der Waals surface area (Å²) in [6, 6.07) is 7.87. The number of amides is 1. The predicted molar refractivity (Wildman–Crippen MR) is 120 cm³/mol. The summed E-state index contributed by atoms with van der Waals surface area (Å²) in [6.45, 7) is 9.83. The Hall–Kier alpha value is -3.00. The zero-order valence-corrected chi connectivity index (χ0v) is 19.2. The minimum Gasteiger partial charge on any atom is -0.458 e. The van der Waals surface area contributed by atoms with Crippen LogP contribution in [-0.2, 0) is 21.6 Å². The Kier molecular flexibility index (Phi) is 6.59. The molecule has 1 unspecified atom stereocenters. The maximum Gasteiger partial charge on any atom is 0.329 e. The molecule has 31 heavy (non-hydrogen) atoms. The van der Waals surface area contributed by atoms with Gasteiger partial charge in [-0.3, -0.25) is 14.0 Å². The molecule has 0 fully saturated rings. The molecule has 8 heteroatoms. The Bertz CT molecular complexity index is 1140. The third-order valence-corrected chi connectivity index (χ3v) is 5.70. The quantitative estimate of drug-likeness (QED) is 0.591. The fourth-order valence-electron chi connectivity index (χ4n) is 3.04. The van der Waals surface area contributed by atoms with Crippen LogP contribution in [0.2, 0.25) is 0 Å². The van der Waals surface area contributed by atoms with Crippen molar-refractivity contribution < 1.29 is 14.3 Å². The van der Waals surface area contributed by atoms with E-state index < -0.39 is 12.0 Å². The van der Waals surface area contributed by atoms with Crippen LogP contribution in [0, 0.1) is 5.92 Å². The lowest BCUT2D eigenvalue weighted by Crippen LogP contribution is -2.45. The summed E-state index contributed by atoms with van der Waals surface area (Å²) in [4.78, 5) is 42.3. The number of hydrogen-bond acceptors (Lipinski definition) is 6. The third kappa shape index (κ3) is 5.38. The summed E-state index contributed by atoms with van der Waals surface area (Å²) >= 11 is 1.32. The first-order valence-electron chi connectivity index (χ1n) is 10.1. The van der Waals surface area contributed by atoms with Gasteiger partial charge in [-0.05, 0) is 29.0 Å². The van der Waals surface area contributed by atoms with Crippen molar-refractivity contribution in [3.8, 4) is 0 Å². The average molecular weight is 442 g/mol. The van der Waals surface area contributed by atoms with Crippen LogP contribution in [0.15, 0.2) is 46.7 Å². The van der Waals surface area contributed by atoms with Crippen LogP contribution >= 0.6 is 11.3 Å². The van der Waals surface area contributed by atoms with E-state index in [2.05, 4.69) is 31.1 Å². The van der Waals surface area contributed by atoms with Crippen molar-refractivity contribution in [3.05, 3.63) is 69.1 Å². The largest absolute Gasteiger partial charge is 0.458 e. The Morgan fingerprint density at radius 2 is 1.87 bits per heavy atom. The Labute approximate surface area is 185 Å². The van der Waals surface area contributed by atoms with E-state index in [4.69, 9.17) is 4.74 Å². The third-order valence-electron chi connectivity index (χ3n) is 4.94. The number of esters is 1. The highest BCUT2D eigenvalue weighted by molar-refractivity contribution is 7.15. The number of ether oxygens (including phenoxy) is 1. The fraction of sp³-hybridized carbons (Fsp3) is 0.391. The number of aromatic nitrogens is 2. The summed E-state index contributed by atoms with van der Waals surface area (Å²) in [5.41, 5.74) is 1.72. The molecule has 3 aromatic rings. The number of nitrogens with zero attached hydrogens (tertiary/aromatic N) is 2. The number of hydrogen-bond donors (Lipinski definition) is 1. The van der Waals surface area contributed by atoms with Gasteiger partial charge in [-0.2, -0.15) is 0 Å². The van der Waals surface area contributed by atoms with Gasteiger partial charge < -0.3 is 10.1 Å². The van der Waals surface area contributed by atoms with Crippen LogP contribution in [-0.4, -0.2) is 27.3 Å². The maximum absolute atomic E-state index is 12.7. The number of fused-ring (bicyclic) bond motifs is 1. The molecule has 0 bridgehead atoms. The first-order chi connectivity index (χ1) is 14.6. The van der Waals surface area contributed by atoms with Crippen LogP contribution in [0.1, 0.15) is 56.2 Å². The molecule has 1 amide bonds. The molecule has 1 aromatic carbocycles. The standard InChI is InChI=1S/C23H27N3O4S/c1-14(2)19(25-20(28)15-6-8-16(9-7-15)23(3,4)5)21(29)30-13-17-12-18(27)26-10-11-31-22(26)24-17/h6-12,14,19H,13H2,1-5H3,(H,25,28). The van der Waals surface area contributed by atoms with Gasteiger partial charge in [-0.15, -0.1) is 11.3 Å². The van der Waals surface area contributed by atoms with Crippen LogP contribution in [0.4, 0.5) is 0 Å². The lowest BCUT2D eigenvalue weighted by Gasteiger charge is -2.22. The van der Waals surface area contributed by atoms with Gasteiger partial charge in [0.15, 0.2) is 4.96 Å². The number of carbonyl (C=O) groups is 2. The zero-order chi connectivity index (χ0) is 22.8. The van der Waals surface area contributed by atoms with Crippen LogP contribution < -0.4 is 10.9 Å². The van der Waals surface area contributed by atoms with E-state index in [1.165, 1.54) is 21.8 Å². The second-order valence-corrected chi connectivity index (χ2v) is 9.64. The second-order valence-electron chi connectivity index (χ2n) is 8.77. The Morgan fingerprint density at radius 3 is 2.48 bits per heavy atom. The highest BCUT2D eigenvalue weighted by atomic mass is 32.1. The highest BCUT2D eigenvalue weighted by Gasteiger charge is 2.26. The predicted octanol–water partition coefficient (Wildman–Crippen LogP) is 3.55. The van der Waals surface area contributed by atoms with E-state index in [-0.39, 0.29) is 29.4 Å². The second kappa shape index (κ2) is 9.01. The summed E-state index contributed by atoms with van der Waals surface area (Å²) in [5, 5.41) is 4.53. The van der Waals surface area contributed by atoms with Gasteiger partial charge in [0.25, 0.3) is 11.5 Å². The highest BCUT2D eigenvalue weighted by Crippen LogP contribution is 2.22. The molecule has 7 nitrogen and oxygen atoms in total. The fourth-order valence-corrected chi connectivity index (χ4v) is 3.78. The van der Waals surface area contributed by atoms with Crippen molar-refractivity contribution in [2.24, 2.45) is 5.92 Å². The van der Waals surface area contributed by atoms with Crippen molar-refractivity contribution in [1.29, 1.82) is 0 Å². The summed E-state index contributed by atoms with van der Waals surface area (Å²) < 4.78 is 6.80. The minimum absolute atomic E-state index is 0.0120. The lowest BCUT2D eigenvalue weighted by molar-refractivity contribution is -0.148. The van der Waals surface area contributed by atoms with E-state index >= 15 is 0 Å². The first kappa shape index (κ1) is 22.7. The van der Waals surface area contributed by atoms with Gasteiger partial charge in [0.1, 0.15) is 12.6 Å². The van der Waals surface area contributed by atoms with E-state index in [0.29, 0.717) is 16.2 Å². The molecule has 164 valence electrons.